The second kappa shape index (κ2) is 4.93. The molecule has 0 N–H and O–H groups in total. The molecule has 0 fully saturated rings. The van der Waals surface area contributed by atoms with Gasteiger partial charge in [-0.05, 0) is 22.0 Å². The van der Waals surface area contributed by atoms with Crippen molar-refractivity contribution in [2.45, 2.75) is 6.54 Å². The minimum absolute atomic E-state index is 0.511. The molecular formula is C16H11BrN4. The van der Waals surface area contributed by atoms with Crippen LogP contribution in [0.5, 0.6) is 0 Å². The van der Waals surface area contributed by atoms with Crippen molar-refractivity contribution in [2.75, 3.05) is 0 Å². The van der Waals surface area contributed by atoms with Gasteiger partial charge in [-0.3, -0.25) is 9.56 Å². The van der Waals surface area contributed by atoms with Gasteiger partial charge in [-0.1, -0.05) is 48.5 Å². The van der Waals surface area contributed by atoms with Crippen molar-refractivity contribution in [2.24, 2.45) is 4.99 Å². The molecule has 102 valence electrons. The summed E-state index contributed by atoms with van der Waals surface area (Å²) in [7, 11) is 0. The molecule has 0 spiro atoms. The van der Waals surface area contributed by atoms with Gasteiger partial charge in [0.1, 0.15) is 6.54 Å². The average Bonchev–Trinajstić information content (AvgIpc) is 2.81. The van der Waals surface area contributed by atoms with Crippen molar-refractivity contribution in [3.8, 4) is 5.69 Å². The van der Waals surface area contributed by atoms with E-state index in [1.807, 2.05) is 34.9 Å². The summed E-state index contributed by atoms with van der Waals surface area (Å²) in [6.45, 7) is 0.511. The number of aromatic nitrogens is 3. The van der Waals surface area contributed by atoms with E-state index < -0.39 is 0 Å². The SMILES string of the molecule is Brc1nnc2n1-c1ccccc1C(c1ccccc1)=NC2. The molecule has 4 nitrogen and oxygen atoms in total. The molecule has 0 aliphatic carbocycles. The number of aliphatic imine (C=N–C) groups is 1. The second-order valence-electron chi connectivity index (χ2n) is 4.77. The Morgan fingerprint density at radius 1 is 0.905 bits per heavy atom. The molecule has 0 unspecified atom stereocenters. The van der Waals surface area contributed by atoms with Gasteiger partial charge in [0.25, 0.3) is 0 Å². The summed E-state index contributed by atoms with van der Waals surface area (Å²) in [4.78, 5) is 4.76. The number of para-hydroxylation sites is 1. The van der Waals surface area contributed by atoms with Gasteiger partial charge < -0.3 is 0 Å². The summed E-state index contributed by atoms with van der Waals surface area (Å²) >= 11 is 3.47. The van der Waals surface area contributed by atoms with Crippen LogP contribution in [0.3, 0.4) is 0 Å². The lowest BCUT2D eigenvalue weighted by atomic mass is 10.0. The Labute approximate surface area is 130 Å². The van der Waals surface area contributed by atoms with Crippen molar-refractivity contribution < 1.29 is 0 Å². The van der Waals surface area contributed by atoms with Crippen LogP contribution in [0.15, 0.2) is 64.3 Å². The van der Waals surface area contributed by atoms with Crippen molar-refractivity contribution in [3.63, 3.8) is 0 Å². The summed E-state index contributed by atoms with van der Waals surface area (Å²) in [6.07, 6.45) is 0. The van der Waals surface area contributed by atoms with Crippen LogP contribution in [0, 0.1) is 0 Å². The number of benzene rings is 2. The molecular weight excluding hydrogens is 328 g/mol. The number of rotatable bonds is 1. The molecule has 3 aromatic rings. The Bertz CT molecular complexity index is 836. The van der Waals surface area contributed by atoms with Crippen molar-refractivity contribution >= 4 is 21.6 Å². The van der Waals surface area contributed by atoms with E-state index in [2.05, 4.69) is 50.4 Å². The molecule has 1 aliphatic heterocycles. The quantitative estimate of drug-likeness (QED) is 0.682. The Morgan fingerprint density at radius 2 is 1.67 bits per heavy atom. The zero-order valence-electron chi connectivity index (χ0n) is 11.1. The fourth-order valence-electron chi connectivity index (χ4n) is 2.58. The smallest absolute Gasteiger partial charge is 0.204 e. The van der Waals surface area contributed by atoms with E-state index in [-0.39, 0.29) is 0 Å². The minimum Gasteiger partial charge on any atom is -0.276 e. The number of hydrogen-bond acceptors (Lipinski definition) is 3. The molecule has 1 aliphatic rings. The highest BCUT2D eigenvalue weighted by Gasteiger charge is 2.21. The van der Waals surface area contributed by atoms with Crippen LogP contribution < -0.4 is 0 Å². The molecule has 0 bridgehead atoms. The fourth-order valence-corrected chi connectivity index (χ4v) is 3.06. The maximum Gasteiger partial charge on any atom is 0.204 e. The zero-order valence-corrected chi connectivity index (χ0v) is 12.7. The Kier molecular flexibility index (Phi) is 2.93. The number of nitrogens with zero attached hydrogens (tertiary/aromatic N) is 4. The van der Waals surface area contributed by atoms with E-state index in [9.17, 15) is 0 Å². The molecule has 0 radical (unpaired) electrons. The fraction of sp³-hybridized carbons (Fsp3) is 0.0625. The zero-order chi connectivity index (χ0) is 14.2. The predicted molar refractivity (Wildman–Crippen MR) is 84.8 cm³/mol. The summed E-state index contributed by atoms with van der Waals surface area (Å²) < 4.78 is 2.71. The topological polar surface area (TPSA) is 43.1 Å². The molecule has 0 amide bonds. The molecule has 4 rings (SSSR count). The van der Waals surface area contributed by atoms with Crippen LogP contribution in [0.1, 0.15) is 17.0 Å². The summed E-state index contributed by atoms with van der Waals surface area (Å²) in [5.74, 6) is 0.834. The van der Waals surface area contributed by atoms with Crippen molar-refractivity contribution in [1.29, 1.82) is 0 Å². The van der Waals surface area contributed by atoms with Crippen LogP contribution >= 0.6 is 15.9 Å². The molecule has 0 atom stereocenters. The molecule has 21 heavy (non-hydrogen) atoms. The molecule has 2 aromatic carbocycles. The van der Waals surface area contributed by atoms with Gasteiger partial charge in [0, 0.05) is 11.1 Å². The van der Waals surface area contributed by atoms with E-state index in [4.69, 9.17) is 4.99 Å². The van der Waals surface area contributed by atoms with Crippen LogP contribution in [-0.4, -0.2) is 20.5 Å². The maximum absolute atomic E-state index is 4.76. The lowest BCUT2D eigenvalue weighted by Crippen LogP contribution is -2.07. The van der Waals surface area contributed by atoms with Gasteiger partial charge in [0.2, 0.25) is 4.73 Å². The van der Waals surface area contributed by atoms with Gasteiger partial charge in [0.05, 0.1) is 11.4 Å². The van der Waals surface area contributed by atoms with Crippen molar-refractivity contribution in [3.05, 3.63) is 76.3 Å². The van der Waals surface area contributed by atoms with Gasteiger partial charge in [-0.25, -0.2) is 0 Å². The Morgan fingerprint density at radius 3 is 2.52 bits per heavy atom. The third-order valence-electron chi connectivity index (χ3n) is 3.52. The third kappa shape index (κ3) is 2.01. The highest BCUT2D eigenvalue weighted by molar-refractivity contribution is 9.10. The largest absolute Gasteiger partial charge is 0.276 e. The van der Waals surface area contributed by atoms with E-state index in [1.54, 1.807) is 0 Å². The Hall–Kier alpha value is -2.27. The Balaban J connectivity index is 1.99. The van der Waals surface area contributed by atoms with E-state index in [0.29, 0.717) is 11.3 Å². The first-order chi connectivity index (χ1) is 10.3. The molecule has 5 heteroatoms. The lowest BCUT2D eigenvalue weighted by Gasteiger charge is -2.11. The maximum atomic E-state index is 4.76. The lowest BCUT2D eigenvalue weighted by molar-refractivity contribution is 0.866. The summed E-state index contributed by atoms with van der Waals surface area (Å²) in [5, 5.41) is 8.30. The number of hydrogen-bond donors (Lipinski definition) is 0. The molecule has 0 saturated heterocycles. The average molecular weight is 339 g/mol. The summed E-state index contributed by atoms with van der Waals surface area (Å²) in [5.41, 5.74) is 4.23. The van der Waals surface area contributed by atoms with Gasteiger partial charge in [-0.15, -0.1) is 10.2 Å². The first-order valence-electron chi connectivity index (χ1n) is 6.64. The van der Waals surface area contributed by atoms with Crippen LogP contribution in [0.25, 0.3) is 5.69 Å². The third-order valence-corrected chi connectivity index (χ3v) is 4.03. The van der Waals surface area contributed by atoms with E-state index in [1.165, 1.54) is 0 Å². The number of halogens is 1. The molecule has 0 saturated carbocycles. The molecule has 1 aromatic heterocycles. The van der Waals surface area contributed by atoms with Gasteiger partial charge in [0.15, 0.2) is 5.82 Å². The highest BCUT2D eigenvalue weighted by Crippen LogP contribution is 2.27. The second-order valence-corrected chi connectivity index (χ2v) is 5.48. The van der Waals surface area contributed by atoms with Gasteiger partial charge in [-0.2, -0.15) is 0 Å². The van der Waals surface area contributed by atoms with Crippen LogP contribution in [0.2, 0.25) is 0 Å². The van der Waals surface area contributed by atoms with Crippen molar-refractivity contribution in [1.82, 2.24) is 14.8 Å². The van der Waals surface area contributed by atoms with Crippen LogP contribution in [-0.2, 0) is 6.54 Å². The van der Waals surface area contributed by atoms with Crippen LogP contribution in [0.4, 0.5) is 0 Å². The standard InChI is InChI=1S/C16H11BrN4/c17-16-20-19-14-10-18-15(11-6-2-1-3-7-11)12-8-4-5-9-13(12)21(14)16/h1-9H,10H2. The monoisotopic (exact) mass is 338 g/mol. The minimum atomic E-state index is 0.511. The van der Waals surface area contributed by atoms with E-state index >= 15 is 0 Å². The predicted octanol–water partition coefficient (Wildman–Crippen LogP) is 3.38. The van der Waals surface area contributed by atoms with Gasteiger partial charge >= 0.3 is 0 Å². The first-order valence-corrected chi connectivity index (χ1v) is 7.43. The van der Waals surface area contributed by atoms with E-state index in [0.717, 1.165) is 28.4 Å². The summed E-state index contributed by atoms with van der Waals surface area (Å²) in [6, 6.07) is 18.4. The normalized spacial score (nSPS) is 13.1. The number of fused-ring (bicyclic) bond motifs is 3. The highest BCUT2D eigenvalue weighted by atomic mass is 79.9. The first kappa shape index (κ1) is 12.5. The molecule has 2 heterocycles.